The molecule has 3 heterocycles. The van der Waals surface area contributed by atoms with Crippen LogP contribution >= 0.6 is 0 Å². The van der Waals surface area contributed by atoms with Crippen molar-refractivity contribution in [2.75, 3.05) is 0 Å². The van der Waals surface area contributed by atoms with Gasteiger partial charge in [-0.1, -0.05) is 188 Å². The van der Waals surface area contributed by atoms with E-state index in [0.717, 1.165) is 125 Å². The highest BCUT2D eigenvalue weighted by atomic mass is 16.5. The number of aromatic hydroxyl groups is 1. The van der Waals surface area contributed by atoms with E-state index in [2.05, 4.69) is 218 Å². The molecule has 84 heavy (non-hydrogen) atoms. The largest absolute Gasteiger partial charge is 0.512 e. The van der Waals surface area contributed by atoms with Crippen molar-refractivity contribution in [1.82, 2.24) is 0 Å². The standard InChI is InChI=1S/C79H56O5/c80-57-30-32-59-55(44-57)28-38-65-74(59)71(52-22-16-49(17-23-52)46-10-4-1-5-11-46)76-61-34-42-69-78(63(61)36-40-67(76)82-65)73(54-26-20-51(21-27-54)48-14-8-3-9-15-48)79-64-37-41-68-77(62(64)35-43-70(79)84-69)72(53-24-18-50(19-25-53)47-12-6-2-7-13-47)75-60-33-31-58(81)45-56(60)29-39-66(75)83-68/h1-2,4-8,10-26,28-30,32,34-45,54,71-73,80-81H,3,9,27,31,33H2. The molecule has 402 valence electrons. The van der Waals surface area contributed by atoms with E-state index in [0.29, 0.717) is 18.6 Å². The number of rotatable bonds is 6. The van der Waals surface area contributed by atoms with E-state index >= 15 is 0 Å². The fourth-order valence-corrected chi connectivity index (χ4v) is 14.9. The average Bonchev–Trinajstić information content (AvgIpc) is 0.990. The van der Waals surface area contributed by atoms with Crippen LogP contribution in [-0.2, 0) is 6.42 Å². The van der Waals surface area contributed by atoms with Gasteiger partial charge in [0.05, 0.1) is 5.76 Å². The summed E-state index contributed by atoms with van der Waals surface area (Å²) in [7, 11) is 0. The van der Waals surface area contributed by atoms with Gasteiger partial charge in [0.2, 0.25) is 0 Å². The monoisotopic (exact) mass is 1080 g/mol. The summed E-state index contributed by atoms with van der Waals surface area (Å²) >= 11 is 0. The van der Waals surface area contributed by atoms with E-state index in [1.807, 2.05) is 18.2 Å². The molecule has 11 aromatic rings. The van der Waals surface area contributed by atoms with Crippen molar-refractivity contribution in [2.24, 2.45) is 5.92 Å². The molecule has 0 radical (unpaired) electrons. The molecule has 0 amide bonds. The fourth-order valence-electron chi connectivity index (χ4n) is 14.9. The molecular weight excluding hydrogens is 1030 g/mol. The maximum absolute atomic E-state index is 10.9. The van der Waals surface area contributed by atoms with Crippen molar-refractivity contribution in [3.05, 3.63) is 309 Å². The number of benzene rings is 11. The van der Waals surface area contributed by atoms with Crippen LogP contribution in [0.3, 0.4) is 0 Å². The van der Waals surface area contributed by atoms with Crippen LogP contribution < -0.4 is 14.2 Å². The third-order valence-corrected chi connectivity index (χ3v) is 18.7. The molecule has 0 aromatic heterocycles. The number of hydrogen-bond donors (Lipinski definition) is 2. The van der Waals surface area contributed by atoms with E-state index < -0.39 is 0 Å². The zero-order valence-electron chi connectivity index (χ0n) is 46.1. The van der Waals surface area contributed by atoms with Crippen molar-refractivity contribution in [3.63, 3.8) is 0 Å². The van der Waals surface area contributed by atoms with Crippen LogP contribution in [0, 0.1) is 5.92 Å². The van der Waals surface area contributed by atoms with Crippen molar-refractivity contribution >= 4 is 38.4 Å². The quantitative estimate of drug-likeness (QED) is 0.174. The molecule has 17 rings (SSSR count). The van der Waals surface area contributed by atoms with E-state index in [9.17, 15) is 10.2 Å². The second kappa shape index (κ2) is 19.3. The van der Waals surface area contributed by atoms with Gasteiger partial charge in [0.25, 0.3) is 0 Å². The van der Waals surface area contributed by atoms with Gasteiger partial charge in [0.15, 0.2) is 0 Å². The Labute approximate surface area is 487 Å². The minimum atomic E-state index is -0.213. The van der Waals surface area contributed by atoms with Gasteiger partial charge in [-0.3, -0.25) is 0 Å². The highest BCUT2D eigenvalue weighted by molar-refractivity contribution is 6.01. The van der Waals surface area contributed by atoms with Gasteiger partial charge < -0.3 is 24.4 Å². The summed E-state index contributed by atoms with van der Waals surface area (Å²) in [6, 6.07) is 71.3. The highest BCUT2D eigenvalue weighted by Crippen LogP contribution is 2.60. The summed E-state index contributed by atoms with van der Waals surface area (Å²) < 4.78 is 21.5. The average molecular weight is 1090 g/mol. The molecule has 2 N–H and O–H groups in total. The van der Waals surface area contributed by atoms with Crippen LogP contribution in [0.25, 0.3) is 60.6 Å². The Bertz CT molecular complexity index is 4730. The Hall–Kier alpha value is -10.1. The molecule has 5 heteroatoms. The summed E-state index contributed by atoms with van der Waals surface area (Å²) in [4.78, 5) is 0. The van der Waals surface area contributed by atoms with Gasteiger partial charge in [0, 0.05) is 57.6 Å². The van der Waals surface area contributed by atoms with Gasteiger partial charge in [-0.15, -0.1) is 0 Å². The second-order valence-corrected chi connectivity index (χ2v) is 23.3. The van der Waals surface area contributed by atoms with E-state index in [-0.39, 0.29) is 29.4 Å². The van der Waals surface area contributed by atoms with Crippen LogP contribution in [0.15, 0.2) is 254 Å². The third kappa shape index (κ3) is 7.75. The predicted molar refractivity (Wildman–Crippen MR) is 338 cm³/mol. The number of ether oxygens (including phenoxy) is 3. The molecule has 6 aliphatic rings. The lowest BCUT2D eigenvalue weighted by molar-refractivity contribution is 0.390. The lowest BCUT2D eigenvalue weighted by atomic mass is 9.70. The van der Waals surface area contributed by atoms with Crippen LogP contribution in [0.4, 0.5) is 0 Å². The van der Waals surface area contributed by atoms with Crippen LogP contribution in [0.1, 0.15) is 99.1 Å². The minimum Gasteiger partial charge on any atom is -0.512 e. The Morgan fingerprint density at radius 2 is 0.881 bits per heavy atom. The molecule has 4 atom stereocenters. The summed E-state index contributed by atoms with van der Waals surface area (Å²) in [5, 5.41) is 28.2. The molecule has 0 saturated carbocycles. The van der Waals surface area contributed by atoms with Crippen LogP contribution in [0.2, 0.25) is 0 Å². The topological polar surface area (TPSA) is 68.2 Å². The predicted octanol–water partition coefficient (Wildman–Crippen LogP) is 20.6. The molecule has 5 nitrogen and oxygen atoms in total. The molecule has 0 bridgehead atoms. The zero-order chi connectivity index (χ0) is 55.6. The van der Waals surface area contributed by atoms with E-state index in [1.54, 1.807) is 6.07 Å². The van der Waals surface area contributed by atoms with Gasteiger partial charge in [-0.25, -0.2) is 0 Å². The minimum absolute atomic E-state index is 0.0753. The summed E-state index contributed by atoms with van der Waals surface area (Å²) in [5.41, 5.74) is 18.6. The number of hydrogen-bond acceptors (Lipinski definition) is 5. The number of aliphatic hydroxyl groups excluding tert-OH is 1. The van der Waals surface area contributed by atoms with E-state index in [1.165, 1.54) is 50.1 Å². The Balaban J connectivity index is 0.884. The first kappa shape index (κ1) is 48.6. The lowest BCUT2D eigenvalue weighted by Gasteiger charge is -2.37. The van der Waals surface area contributed by atoms with E-state index in [4.69, 9.17) is 14.2 Å². The Morgan fingerprint density at radius 1 is 0.393 bits per heavy atom. The molecule has 4 unspecified atom stereocenters. The Kier molecular flexibility index (Phi) is 11.1. The van der Waals surface area contributed by atoms with Crippen molar-refractivity contribution in [3.8, 4) is 62.5 Å². The van der Waals surface area contributed by atoms with Gasteiger partial charge in [-0.2, -0.15) is 0 Å². The molecular formula is C79H56O5. The van der Waals surface area contributed by atoms with Crippen molar-refractivity contribution in [2.45, 2.75) is 49.9 Å². The highest BCUT2D eigenvalue weighted by Gasteiger charge is 2.41. The third-order valence-electron chi connectivity index (χ3n) is 18.7. The molecule has 0 saturated heterocycles. The molecule has 0 fully saturated rings. The first-order valence-corrected chi connectivity index (χ1v) is 29.6. The first-order valence-electron chi connectivity index (χ1n) is 29.6. The van der Waals surface area contributed by atoms with Crippen molar-refractivity contribution in [1.29, 1.82) is 0 Å². The summed E-state index contributed by atoms with van der Waals surface area (Å²) in [6.45, 7) is 0. The summed E-state index contributed by atoms with van der Waals surface area (Å²) in [5.74, 6) is 5.27. The summed E-state index contributed by atoms with van der Waals surface area (Å²) in [6.07, 6.45) is 20.4. The van der Waals surface area contributed by atoms with Crippen LogP contribution in [0.5, 0.6) is 40.2 Å². The first-order chi connectivity index (χ1) is 41.5. The zero-order valence-corrected chi connectivity index (χ0v) is 46.1. The number of allylic oxidation sites excluding steroid dienone is 9. The maximum Gasteiger partial charge on any atom is 0.132 e. The van der Waals surface area contributed by atoms with Gasteiger partial charge in [0.1, 0.15) is 40.2 Å². The lowest BCUT2D eigenvalue weighted by Crippen LogP contribution is -2.21. The SMILES string of the molecule is OC1=Cc2ccc3c(c2CC1)C(c1ccc(-c2ccccc2)cc1)c1c(ccc2c4c(ccc12)Oc1ccc2c5c(ccc2c1C4C1C=CC(C2=CCCC=C2)=CC1)Oc1ccc2cc(O)ccc2c1C5c1ccc(-c2ccccc2)cc1)O3. The molecule has 0 spiro atoms. The fraction of sp³-hybridized carbons (Fsp3) is 0.114. The Morgan fingerprint density at radius 3 is 1.44 bits per heavy atom. The van der Waals surface area contributed by atoms with Gasteiger partial charge in [-0.05, 0) is 174 Å². The molecule has 11 aromatic carbocycles. The normalized spacial score (nSPS) is 18.7. The molecule has 3 aliphatic heterocycles. The van der Waals surface area contributed by atoms with Crippen molar-refractivity contribution < 1.29 is 24.4 Å². The number of phenolic OH excluding ortho intramolecular Hbond substituents is 1. The number of fused-ring (bicyclic) bond motifs is 16. The maximum atomic E-state index is 10.9. The van der Waals surface area contributed by atoms with Gasteiger partial charge >= 0.3 is 0 Å². The molecule has 3 aliphatic carbocycles. The smallest absolute Gasteiger partial charge is 0.132 e. The number of phenols is 1. The number of aliphatic hydroxyl groups is 1. The second-order valence-electron chi connectivity index (χ2n) is 23.3. The van der Waals surface area contributed by atoms with Crippen LogP contribution in [-0.4, -0.2) is 10.2 Å².